The maximum Gasteiger partial charge on any atom is 0.252 e. The standard InChI is InChI=1S/C14H28F2O/c1-11(2)17-10-13(6,7)8-9-14(15,16)12(3,4)5/h11H,8-10H2,1-7H3. The molecule has 0 fully saturated rings. The molecule has 0 aliphatic carbocycles. The molecule has 104 valence electrons. The van der Waals surface area contributed by atoms with E-state index in [2.05, 4.69) is 0 Å². The number of alkyl halides is 2. The fourth-order valence-corrected chi connectivity index (χ4v) is 1.33. The number of hydrogen-bond donors (Lipinski definition) is 0. The second-order valence-electron chi connectivity index (χ2n) is 6.98. The molecule has 0 aromatic heterocycles. The van der Waals surface area contributed by atoms with Crippen LogP contribution in [-0.2, 0) is 4.74 Å². The van der Waals surface area contributed by atoms with Gasteiger partial charge >= 0.3 is 0 Å². The van der Waals surface area contributed by atoms with Gasteiger partial charge in [0, 0.05) is 11.8 Å². The Balaban J connectivity index is 4.26. The van der Waals surface area contributed by atoms with Crippen molar-refractivity contribution in [1.29, 1.82) is 0 Å². The monoisotopic (exact) mass is 250 g/mol. The van der Waals surface area contributed by atoms with Crippen LogP contribution in [-0.4, -0.2) is 18.6 Å². The topological polar surface area (TPSA) is 9.23 Å². The predicted molar refractivity (Wildman–Crippen MR) is 68.5 cm³/mol. The summed E-state index contributed by atoms with van der Waals surface area (Å²) in [6.45, 7) is 13.2. The molecule has 0 spiro atoms. The smallest absolute Gasteiger partial charge is 0.252 e. The molecule has 3 heteroatoms. The highest BCUT2D eigenvalue weighted by atomic mass is 19.3. The van der Waals surface area contributed by atoms with Gasteiger partial charge in [0.1, 0.15) is 0 Å². The Labute approximate surface area is 105 Å². The summed E-state index contributed by atoms with van der Waals surface area (Å²) in [5.74, 6) is -2.62. The Morgan fingerprint density at radius 2 is 1.41 bits per heavy atom. The van der Waals surface area contributed by atoms with Crippen LogP contribution in [0.25, 0.3) is 0 Å². The molecule has 0 amide bonds. The molecule has 0 radical (unpaired) electrons. The highest BCUT2D eigenvalue weighted by Gasteiger charge is 2.43. The zero-order chi connectivity index (χ0) is 13.9. The van der Waals surface area contributed by atoms with E-state index < -0.39 is 11.3 Å². The lowest BCUT2D eigenvalue weighted by Gasteiger charge is -2.34. The Morgan fingerprint density at radius 3 is 1.76 bits per heavy atom. The zero-order valence-corrected chi connectivity index (χ0v) is 12.4. The van der Waals surface area contributed by atoms with Gasteiger partial charge in [-0.25, -0.2) is 8.78 Å². The molecular formula is C14H28F2O. The van der Waals surface area contributed by atoms with Gasteiger partial charge in [0.15, 0.2) is 0 Å². The lowest BCUT2D eigenvalue weighted by atomic mass is 9.80. The van der Waals surface area contributed by atoms with Crippen molar-refractivity contribution in [3.63, 3.8) is 0 Å². The summed E-state index contributed by atoms with van der Waals surface area (Å²) in [7, 11) is 0. The van der Waals surface area contributed by atoms with Gasteiger partial charge in [-0.3, -0.25) is 0 Å². The minimum absolute atomic E-state index is 0.0784. The van der Waals surface area contributed by atoms with Crippen LogP contribution in [0.3, 0.4) is 0 Å². The van der Waals surface area contributed by atoms with Gasteiger partial charge < -0.3 is 4.74 Å². The third kappa shape index (κ3) is 6.35. The molecule has 0 bridgehead atoms. The molecule has 0 rings (SSSR count). The van der Waals surface area contributed by atoms with E-state index in [1.54, 1.807) is 20.8 Å². The zero-order valence-electron chi connectivity index (χ0n) is 12.4. The Hall–Kier alpha value is -0.180. The van der Waals surface area contributed by atoms with Crippen LogP contribution in [0.2, 0.25) is 0 Å². The normalized spacial score (nSPS) is 14.5. The lowest BCUT2D eigenvalue weighted by molar-refractivity contribution is -0.112. The molecule has 0 unspecified atom stereocenters. The average Bonchev–Trinajstić information content (AvgIpc) is 2.11. The molecular weight excluding hydrogens is 222 g/mol. The average molecular weight is 250 g/mol. The first kappa shape index (κ1) is 16.8. The van der Waals surface area contributed by atoms with E-state index in [1.807, 2.05) is 27.7 Å². The largest absolute Gasteiger partial charge is 0.378 e. The number of halogens is 2. The third-order valence-corrected chi connectivity index (χ3v) is 3.02. The first-order valence-corrected chi connectivity index (χ1v) is 6.37. The molecule has 1 nitrogen and oxygen atoms in total. The van der Waals surface area contributed by atoms with Crippen LogP contribution in [0, 0.1) is 10.8 Å². The molecule has 0 saturated carbocycles. The van der Waals surface area contributed by atoms with Crippen molar-refractivity contribution in [2.45, 2.75) is 73.3 Å². The highest BCUT2D eigenvalue weighted by Crippen LogP contribution is 2.41. The summed E-state index contributed by atoms with van der Waals surface area (Å²) < 4.78 is 33.2. The predicted octanol–water partition coefficient (Wildman–Crippen LogP) is 4.90. The summed E-state index contributed by atoms with van der Waals surface area (Å²) in [5, 5.41) is 0. The minimum Gasteiger partial charge on any atom is -0.378 e. The van der Waals surface area contributed by atoms with Crippen molar-refractivity contribution in [2.75, 3.05) is 6.61 Å². The van der Waals surface area contributed by atoms with Gasteiger partial charge in [-0.05, 0) is 25.7 Å². The molecule has 0 aliphatic heterocycles. The molecule has 0 heterocycles. The van der Waals surface area contributed by atoms with Crippen molar-refractivity contribution >= 4 is 0 Å². The van der Waals surface area contributed by atoms with Gasteiger partial charge in [0.2, 0.25) is 0 Å². The Kier molecular flexibility index (Phi) is 5.58. The quantitative estimate of drug-likeness (QED) is 0.651. The van der Waals surface area contributed by atoms with Crippen LogP contribution >= 0.6 is 0 Å². The molecule has 0 aromatic carbocycles. The van der Waals surface area contributed by atoms with Gasteiger partial charge in [-0.1, -0.05) is 34.6 Å². The van der Waals surface area contributed by atoms with E-state index in [0.29, 0.717) is 13.0 Å². The van der Waals surface area contributed by atoms with Crippen molar-refractivity contribution < 1.29 is 13.5 Å². The molecule has 0 saturated heterocycles. The first-order chi connectivity index (χ1) is 7.37. The summed E-state index contributed by atoms with van der Waals surface area (Å²) in [6.07, 6.45) is 0.548. The maximum absolute atomic E-state index is 13.8. The molecule has 0 atom stereocenters. The number of hydrogen-bond acceptors (Lipinski definition) is 1. The minimum atomic E-state index is -2.62. The van der Waals surface area contributed by atoms with Crippen LogP contribution in [0.4, 0.5) is 8.78 Å². The molecule has 0 aromatic rings. The van der Waals surface area contributed by atoms with Gasteiger partial charge in [-0.2, -0.15) is 0 Å². The summed E-state index contributed by atoms with van der Waals surface area (Å²) >= 11 is 0. The number of rotatable bonds is 6. The van der Waals surface area contributed by atoms with Crippen molar-refractivity contribution in [2.24, 2.45) is 10.8 Å². The highest BCUT2D eigenvalue weighted by molar-refractivity contribution is 4.83. The van der Waals surface area contributed by atoms with Crippen LogP contribution in [0.1, 0.15) is 61.3 Å². The summed E-state index contributed by atoms with van der Waals surface area (Å²) in [4.78, 5) is 0. The van der Waals surface area contributed by atoms with Gasteiger partial charge in [-0.15, -0.1) is 0 Å². The second kappa shape index (κ2) is 5.64. The van der Waals surface area contributed by atoms with E-state index in [1.165, 1.54) is 0 Å². The van der Waals surface area contributed by atoms with Crippen LogP contribution < -0.4 is 0 Å². The van der Waals surface area contributed by atoms with Crippen molar-refractivity contribution in [3.05, 3.63) is 0 Å². The summed E-state index contributed by atoms with van der Waals surface area (Å²) in [6, 6.07) is 0. The SMILES string of the molecule is CC(C)OCC(C)(C)CCC(F)(F)C(C)(C)C. The van der Waals surface area contributed by atoms with Crippen LogP contribution in [0.15, 0.2) is 0 Å². The van der Waals surface area contributed by atoms with E-state index >= 15 is 0 Å². The fraction of sp³-hybridized carbons (Fsp3) is 1.00. The fourth-order valence-electron chi connectivity index (χ4n) is 1.33. The molecule has 0 aliphatic rings. The van der Waals surface area contributed by atoms with Gasteiger partial charge in [0.25, 0.3) is 5.92 Å². The Bertz CT molecular complexity index is 227. The molecule has 0 N–H and O–H groups in total. The van der Waals surface area contributed by atoms with E-state index in [0.717, 1.165) is 0 Å². The van der Waals surface area contributed by atoms with Gasteiger partial charge in [0.05, 0.1) is 12.7 Å². The maximum atomic E-state index is 13.8. The summed E-state index contributed by atoms with van der Waals surface area (Å²) in [5.41, 5.74) is -1.17. The number of ether oxygens (including phenoxy) is 1. The molecule has 17 heavy (non-hydrogen) atoms. The second-order valence-corrected chi connectivity index (χ2v) is 6.98. The van der Waals surface area contributed by atoms with E-state index in [9.17, 15) is 8.78 Å². The van der Waals surface area contributed by atoms with E-state index in [-0.39, 0.29) is 17.9 Å². The van der Waals surface area contributed by atoms with Crippen LogP contribution in [0.5, 0.6) is 0 Å². The van der Waals surface area contributed by atoms with Crippen molar-refractivity contribution in [3.8, 4) is 0 Å². The Morgan fingerprint density at radius 1 is 0.941 bits per heavy atom. The lowest BCUT2D eigenvalue weighted by Crippen LogP contribution is -2.35. The first-order valence-electron chi connectivity index (χ1n) is 6.37. The third-order valence-electron chi connectivity index (χ3n) is 3.02. The van der Waals surface area contributed by atoms with Crippen molar-refractivity contribution in [1.82, 2.24) is 0 Å². The van der Waals surface area contributed by atoms with E-state index in [4.69, 9.17) is 4.74 Å².